The highest BCUT2D eigenvalue weighted by Crippen LogP contribution is 2.40. The Bertz CT molecular complexity index is 1400. The van der Waals surface area contributed by atoms with Gasteiger partial charge >= 0.3 is 0 Å². The van der Waals surface area contributed by atoms with E-state index in [4.69, 9.17) is 20.3 Å². The summed E-state index contributed by atoms with van der Waals surface area (Å²) >= 11 is 0. The zero-order chi connectivity index (χ0) is 27.1. The zero-order valence-electron chi connectivity index (χ0n) is 21.1. The minimum atomic E-state index is -0.513. The van der Waals surface area contributed by atoms with Crippen LogP contribution in [-0.2, 0) is 11.2 Å². The lowest BCUT2D eigenvalue weighted by Gasteiger charge is -2.23. The number of halogens is 1. The van der Waals surface area contributed by atoms with Crippen LogP contribution in [0.5, 0.6) is 11.5 Å². The number of nitrogens with zero attached hydrogens (tertiary/aromatic N) is 4. The fraction of sp³-hybridized carbons (Fsp3) is 0.308. The molecule has 2 aromatic carbocycles. The van der Waals surface area contributed by atoms with Crippen LogP contribution in [0.25, 0.3) is 10.9 Å². The number of carbonyl (C=O) groups is 1. The van der Waals surface area contributed by atoms with Crippen LogP contribution in [0.4, 0.5) is 21.7 Å². The van der Waals surface area contributed by atoms with Gasteiger partial charge in [-0.15, -0.1) is 0 Å². The highest BCUT2D eigenvalue weighted by atomic mass is 19.1. The number of amides is 1. The van der Waals surface area contributed by atoms with Gasteiger partial charge in [0, 0.05) is 29.3 Å². The van der Waals surface area contributed by atoms with Crippen LogP contribution in [0.2, 0.25) is 0 Å². The molecule has 38 heavy (non-hydrogen) atoms. The molecule has 0 radical (unpaired) electrons. The summed E-state index contributed by atoms with van der Waals surface area (Å²) in [6, 6.07) is 11.2. The van der Waals surface area contributed by atoms with E-state index in [1.807, 2.05) is 6.92 Å². The molecular weight excluding hydrogens is 493 g/mol. The van der Waals surface area contributed by atoms with Gasteiger partial charge in [0.1, 0.15) is 18.0 Å². The SMILES string of the molecule is COc1cc2c(N(c3cccc(F)c3)c3cc(CC(N)=O)[nH]n3)ncnc2cc1OCCCNC(C)CO. The van der Waals surface area contributed by atoms with Crippen molar-refractivity contribution in [2.24, 2.45) is 5.73 Å². The molecular formula is C26H30FN7O4. The molecule has 2 aromatic heterocycles. The number of ether oxygens (including phenoxy) is 2. The summed E-state index contributed by atoms with van der Waals surface area (Å²) in [5.41, 5.74) is 6.88. The van der Waals surface area contributed by atoms with Gasteiger partial charge < -0.3 is 25.6 Å². The molecule has 0 saturated heterocycles. The molecule has 4 rings (SSSR count). The van der Waals surface area contributed by atoms with E-state index in [1.54, 1.807) is 35.2 Å². The summed E-state index contributed by atoms with van der Waals surface area (Å²) in [5.74, 6) is 0.845. The van der Waals surface area contributed by atoms with E-state index in [9.17, 15) is 9.18 Å². The summed E-state index contributed by atoms with van der Waals surface area (Å²) < 4.78 is 25.8. The number of aliphatic hydroxyl groups excluding tert-OH is 1. The maximum Gasteiger partial charge on any atom is 0.223 e. The van der Waals surface area contributed by atoms with E-state index < -0.39 is 11.7 Å². The molecule has 1 atom stereocenters. The highest BCUT2D eigenvalue weighted by molar-refractivity contribution is 5.96. The number of nitrogens with one attached hydrogen (secondary N) is 2. The zero-order valence-corrected chi connectivity index (χ0v) is 21.1. The van der Waals surface area contributed by atoms with Crippen molar-refractivity contribution in [2.45, 2.75) is 25.8 Å². The third-order valence-electron chi connectivity index (χ3n) is 5.73. The molecule has 0 aliphatic rings. The molecule has 0 fully saturated rings. The number of aromatic nitrogens is 4. The number of rotatable bonds is 13. The van der Waals surface area contributed by atoms with Gasteiger partial charge in [0.25, 0.3) is 0 Å². The predicted octanol–water partition coefficient (Wildman–Crippen LogP) is 2.74. The third-order valence-corrected chi connectivity index (χ3v) is 5.73. The second-order valence-corrected chi connectivity index (χ2v) is 8.67. The van der Waals surface area contributed by atoms with Crippen molar-refractivity contribution in [1.82, 2.24) is 25.5 Å². The first-order chi connectivity index (χ1) is 18.4. The van der Waals surface area contributed by atoms with E-state index in [2.05, 4.69) is 25.5 Å². The fourth-order valence-corrected chi connectivity index (χ4v) is 3.89. The van der Waals surface area contributed by atoms with E-state index in [-0.39, 0.29) is 19.1 Å². The highest BCUT2D eigenvalue weighted by Gasteiger charge is 2.22. The number of benzene rings is 2. The molecule has 11 nitrogen and oxygen atoms in total. The molecule has 4 aromatic rings. The van der Waals surface area contributed by atoms with Gasteiger partial charge in [-0.2, -0.15) is 5.10 Å². The lowest BCUT2D eigenvalue weighted by Crippen LogP contribution is -2.30. The van der Waals surface area contributed by atoms with Crippen molar-refractivity contribution >= 4 is 34.1 Å². The molecule has 1 amide bonds. The second-order valence-electron chi connectivity index (χ2n) is 8.67. The maximum atomic E-state index is 14.3. The van der Waals surface area contributed by atoms with Crippen molar-refractivity contribution in [3.05, 3.63) is 60.3 Å². The molecule has 0 aliphatic heterocycles. The fourth-order valence-electron chi connectivity index (χ4n) is 3.89. The van der Waals surface area contributed by atoms with Gasteiger partial charge in [0.15, 0.2) is 17.3 Å². The van der Waals surface area contributed by atoms with Crippen molar-refractivity contribution in [3.63, 3.8) is 0 Å². The molecule has 0 bridgehead atoms. The van der Waals surface area contributed by atoms with Gasteiger partial charge in [-0.1, -0.05) is 6.07 Å². The minimum Gasteiger partial charge on any atom is -0.493 e. The Morgan fingerprint density at radius 3 is 2.82 bits per heavy atom. The Kier molecular flexibility index (Phi) is 8.66. The maximum absolute atomic E-state index is 14.3. The van der Waals surface area contributed by atoms with Crippen LogP contribution in [0.3, 0.4) is 0 Å². The first-order valence-corrected chi connectivity index (χ1v) is 12.1. The van der Waals surface area contributed by atoms with Crippen LogP contribution >= 0.6 is 0 Å². The van der Waals surface area contributed by atoms with E-state index >= 15 is 0 Å². The minimum absolute atomic E-state index is 0.0164. The average Bonchev–Trinajstić information content (AvgIpc) is 3.35. The Hall–Kier alpha value is -4.29. The molecule has 0 saturated carbocycles. The van der Waals surface area contributed by atoms with Gasteiger partial charge in [0.05, 0.1) is 37.9 Å². The Labute approximate surface area is 218 Å². The summed E-state index contributed by atoms with van der Waals surface area (Å²) in [6.45, 7) is 3.09. The van der Waals surface area contributed by atoms with Crippen molar-refractivity contribution in [1.29, 1.82) is 0 Å². The topological polar surface area (TPSA) is 152 Å². The standard InChI is InChI=1S/C26H30FN7O4/c1-16(14-35)29-7-4-8-38-23-13-21-20(12-22(23)37-2)26(31-15-30-21)34(19-6-3-5-17(27)9-19)25-11-18(32-33-25)10-24(28)36/h3,5-6,9,11-13,15-16,29,35H,4,7-8,10,14H2,1-2H3,(H2,28,36)(H,32,33). The van der Waals surface area contributed by atoms with Crippen LogP contribution in [-0.4, -0.2) is 64.1 Å². The van der Waals surface area contributed by atoms with E-state index in [0.29, 0.717) is 58.6 Å². The monoisotopic (exact) mass is 523 g/mol. The smallest absolute Gasteiger partial charge is 0.223 e. The quantitative estimate of drug-likeness (QED) is 0.194. The molecule has 2 heterocycles. The molecule has 0 spiro atoms. The number of nitrogens with two attached hydrogens (primary N) is 1. The van der Waals surface area contributed by atoms with Gasteiger partial charge in [-0.25, -0.2) is 14.4 Å². The number of primary amides is 1. The lowest BCUT2D eigenvalue weighted by molar-refractivity contribution is -0.117. The lowest BCUT2D eigenvalue weighted by atomic mass is 10.1. The molecule has 0 aliphatic carbocycles. The molecule has 1 unspecified atom stereocenters. The largest absolute Gasteiger partial charge is 0.493 e. The van der Waals surface area contributed by atoms with Crippen molar-refractivity contribution < 1.29 is 23.8 Å². The number of hydrogen-bond acceptors (Lipinski definition) is 9. The van der Waals surface area contributed by atoms with E-state index in [1.165, 1.54) is 25.6 Å². The average molecular weight is 524 g/mol. The second kappa shape index (κ2) is 12.3. The Morgan fingerprint density at radius 1 is 1.24 bits per heavy atom. The summed E-state index contributed by atoms with van der Waals surface area (Å²) in [4.78, 5) is 22.0. The van der Waals surface area contributed by atoms with Gasteiger partial charge in [0.2, 0.25) is 5.91 Å². The van der Waals surface area contributed by atoms with Crippen LogP contribution in [0.15, 0.2) is 48.8 Å². The number of anilines is 3. The van der Waals surface area contributed by atoms with Gasteiger partial charge in [-0.3, -0.25) is 14.8 Å². The number of aliphatic hydroxyl groups is 1. The molecule has 200 valence electrons. The Morgan fingerprint density at radius 2 is 2.08 bits per heavy atom. The van der Waals surface area contributed by atoms with Gasteiger partial charge in [-0.05, 0) is 44.2 Å². The normalized spacial score (nSPS) is 11.9. The van der Waals surface area contributed by atoms with Crippen LogP contribution < -0.4 is 25.4 Å². The number of H-pyrrole nitrogens is 1. The van der Waals surface area contributed by atoms with Crippen molar-refractivity contribution in [2.75, 3.05) is 31.8 Å². The third kappa shape index (κ3) is 6.33. The summed E-state index contributed by atoms with van der Waals surface area (Å²) in [5, 5.41) is 20.1. The van der Waals surface area contributed by atoms with Crippen LogP contribution in [0, 0.1) is 5.82 Å². The van der Waals surface area contributed by atoms with Crippen LogP contribution in [0.1, 0.15) is 19.0 Å². The Balaban J connectivity index is 1.71. The number of fused-ring (bicyclic) bond motifs is 1. The summed E-state index contributed by atoms with van der Waals surface area (Å²) in [6.07, 6.45) is 2.09. The summed E-state index contributed by atoms with van der Waals surface area (Å²) in [7, 11) is 1.54. The number of carbonyl (C=O) groups excluding carboxylic acids is 1. The van der Waals surface area contributed by atoms with E-state index in [0.717, 1.165) is 6.42 Å². The molecule has 12 heteroatoms. The van der Waals surface area contributed by atoms with Crippen molar-refractivity contribution in [3.8, 4) is 11.5 Å². The number of hydrogen-bond donors (Lipinski definition) is 4. The number of aromatic amines is 1. The molecule has 5 N–H and O–H groups in total. The predicted molar refractivity (Wildman–Crippen MR) is 140 cm³/mol. The number of methoxy groups -OCH3 is 1. The first-order valence-electron chi connectivity index (χ1n) is 12.1. The first kappa shape index (κ1) is 26.8.